The number of carbonyl (C=O) groups is 1. The number of hydrogen-bond acceptors (Lipinski definition) is 2. The van der Waals surface area contributed by atoms with E-state index in [1.165, 1.54) is 12.5 Å². The smallest absolute Gasteiger partial charge is 0.221 e. The van der Waals surface area contributed by atoms with Crippen LogP contribution in [-0.4, -0.2) is 5.91 Å². The van der Waals surface area contributed by atoms with Crippen molar-refractivity contribution in [2.24, 2.45) is 0 Å². The highest BCUT2D eigenvalue weighted by atomic mass is 16.1. The zero-order valence-electron chi connectivity index (χ0n) is 8.63. The van der Waals surface area contributed by atoms with Gasteiger partial charge in [-0.3, -0.25) is 4.79 Å². The zero-order valence-corrected chi connectivity index (χ0v) is 8.63. The molecule has 0 heterocycles. The quantitative estimate of drug-likeness (QED) is 0.753. The predicted molar refractivity (Wildman–Crippen MR) is 57.5 cm³/mol. The molecule has 15 heavy (non-hydrogen) atoms. The highest BCUT2D eigenvalue weighted by molar-refractivity contribution is 5.90. The van der Waals surface area contributed by atoms with E-state index in [0.717, 1.165) is 24.8 Å². The summed E-state index contributed by atoms with van der Waals surface area (Å²) in [6, 6.07) is 6.02. The van der Waals surface area contributed by atoms with E-state index in [-0.39, 0.29) is 5.91 Å². The first-order valence-corrected chi connectivity index (χ1v) is 5.05. The lowest BCUT2D eigenvalue weighted by Crippen LogP contribution is -2.08. The summed E-state index contributed by atoms with van der Waals surface area (Å²) in [4.78, 5) is 11.0. The highest BCUT2D eigenvalue weighted by Crippen LogP contribution is 2.29. The van der Waals surface area contributed by atoms with Crippen LogP contribution in [0.3, 0.4) is 0 Å². The summed E-state index contributed by atoms with van der Waals surface area (Å²) in [5.74, 6) is -0.135. The third kappa shape index (κ3) is 1.71. The number of carbonyl (C=O) groups excluding carboxylic acids is 1. The largest absolute Gasteiger partial charge is 0.325 e. The number of hydrogen-bond donors (Lipinski definition) is 1. The Balaban J connectivity index is 2.49. The van der Waals surface area contributed by atoms with Crippen molar-refractivity contribution in [2.45, 2.75) is 26.2 Å². The van der Waals surface area contributed by atoms with Crippen LogP contribution in [0.4, 0.5) is 5.69 Å². The normalized spacial score (nSPS) is 13.1. The average Bonchev–Trinajstić information content (AvgIpc) is 2.64. The van der Waals surface area contributed by atoms with Gasteiger partial charge in [0.2, 0.25) is 5.91 Å². The van der Waals surface area contributed by atoms with Crippen molar-refractivity contribution in [3.05, 3.63) is 28.8 Å². The van der Waals surface area contributed by atoms with Crippen LogP contribution in [0.25, 0.3) is 0 Å². The summed E-state index contributed by atoms with van der Waals surface area (Å²) in [5, 5.41) is 11.8. The van der Waals surface area contributed by atoms with Gasteiger partial charge >= 0.3 is 0 Å². The summed E-state index contributed by atoms with van der Waals surface area (Å²) in [7, 11) is 0. The predicted octanol–water partition coefficient (Wildman–Crippen LogP) is 2.01. The van der Waals surface area contributed by atoms with Crippen LogP contribution in [0.15, 0.2) is 12.1 Å². The molecule has 2 rings (SSSR count). The molecule has 1 aliphatic carbocycles. The molecule has 0 bridgehead atoms. The van der Waals surface area contributed by atoms with Gasteiger partial charge in [-0.25, -0.2) is 0 Å². The maximum atomic E-state index is 11.0. The van der Waals surface area contributed by atoms with E-state index >= 15 is 0 Å². The second kappa shape index (κ2) is 3.74. The van der Waals surface area contributed by atoms with Crippen LogP contribution >= 0.6 is 0 Å². The number of nitrogens with zero attached hydrogens (tertiary/aromatic N) is 1. The zero-order chi connectivity index (χ0) is 10.8. The molecule has 3 nitrogen and oxygen atoms in total. The first kappa shape index (κ1) is 9.72. The lowest BCUT2D eigenvalue weighted by molar-refractivity contribution is -0.114. The van der Waals surface area contributed by atoms with Gasteiger partial charge in [0, 0.05) is 6.92 Å². The number of rotatable bonds is 1. The topological polar surface area (TPSA) is 52.9 Å². The van der Waals surface area contributed by atoms with Crippen LogP contribution < -0.4 is 5.32 Å². The first-order valence-electron chi connectivity index (χ1n) is 5.05. The summed E-state index contributed by atoms with van der Waals surface area (Å²) in [6.07, 6.45) is 3.10. The number of aryl methyl sites for hydroxylation is 1. The standard InChI is InChI=1S/C12H12N2O/c1-8(15)14-12-6-5-9-3-2-4-10(9)11(12)7-13/h5-6H,2-4H2,1H3,(H,14,15). The van der Waals surface area contributed by atoms with Crippen molar-refractivity contribution in [1.29, 1.82) is 5.26 Å². The molecule has 1 aromatic carbocycles. The van der Waals surface area contributed by atoms with E-state index in [0.29, 0.717) is 11.3 Å². The van der Waals surface area contributed by atoms with Crippen molar-refractivity contribution in [1.82, 2.24) is 0 Å². The lowest BCUT2D eigenvalue weighted by atomic mass is 10.0. The molecule has 1 aromatic rings. The number of fused-ring (bicyclic) bond motifs is 1. The Morgan fingerprint density at radius 2 is 2.27 bits per heavy atom. The summed E-state index contributed by atoms with van der Waals surface area (Å²) in [5.41, 5.74) is 3.65. The molecule has 0 fully saturated rings. The monoisotopic (exact) mass is 200 g/mol. The highest BCUT2D eigenvalue weighted by Gasteiger charge is 2.17. The Bertz CT molecular complexity index is 457. The summed E-state index contributed by atoms with van der Waals surface area (Å²) in [6.45, 7) is 1.45. The molecule has 3 heteroatoms. The molecular formula is C12H12N2O. The number of nitrogens with one attached hydrogen (secondary N) is 1. The second-order valence-electron chi connectivity index (χ2n) is 3.77. The van der Waals surface area contributed by atoms with Crippen LogP contribution in [0, 0.1) is 11.3 Å². The fourth-order valence-corrected chi connectivity index (χ4v) is 2.09. The minimum absolute atomic E-state index is 0.135. The third-order valence-corrected chi connectivity index (χ3v) is 2.71. The first-order chi connectivity index (χ1) is 7.22. The van der Waals surface area contributed by atoms with Gasteiger partial charge in [-0.05, 0) is 36.5 Å². The molecule has 0 atom stereocenters. The number of amides is 1. The van der Waals surface area contributed by atoms with Crippen molar-refractivity contribution >= 4 is 11.6 Å². The lowest BCUT2D eigenvalue weighted by Gasteiger charge is -2.08. The van der Waals surface area contributed by atoms with Gasteiger partial charge < -0.3 is 5.32 Å². The Morgan fingerprint density at radius 1 is 1.47 bits per heavy atom. The van der Waals surface area contributed by atoms with E-state index in [1.807, 2.05) is 12.1 Å². The van der Waals surface area contributed by atoms with E-state index in [4.69, 9.17) is 5.26 Å². The van der Waals surface area contributed by atoms with Gasteiger partial charge in [0.05, 0.1) is 11.3 Å². The molecule has 0 saturated carbocycles. The molecule has 1 aliphatic rings. The Morgan fingerprint density at radius 3 is 2.93 bits per heavy atom. The number of nitriles is 1. The molecule has 0 aromatic heterocycles. The molecule has 0 radical (unpaired) electrons. The van der Waals surface area contributed by atoms with Gasteiger partial charge in [-0.1, -0.05) is 6.07 Å². The summed E-state index contributed by atoms with van der Waals surface area (Å²) < 4.78 is 0. The van der Waals surface area contributed by atoms with Crippen LogP contribution in [0.2, 0.25) is 0 Å². The Kier molecular flexibility index (Phi) is 2.42. The maximum Gasteiger partial charge on any atom is 0.221 e. The van der Waals surface area contributed by atoms with Crippen molar-refractivity contribution in [3.63, 3.8) is 0 Å². The molecule has 1 amide bonds. The van der Waals surface area contributed by atoms with Crippen LogP contribution in [0.1, 0.15) is 30.0 Å². The van der Waals surface area contributed by atoms with E-state index in [1.54, 1.807) is 0 Å². The fraction of sp³-hybridized carbons (Fsp3) is 0.333. The number of anilines is 1. The SMILES string of the molecule is CC(=O)Nc1ccc2c(c1C#N)CCC2. The van der Waals surface area contributed by atoms with Gasteiger partial charge in [0.15, 0.2) is 0 Å². The molecule has 0 unspecified atom stereocenters. The van der Waals surface area contributed by atoms with Gasteiger partial charge in [-0.15, -0.1) is 0 Å². The van der Waals surface area contributed by atoms with Gasteiger partial charge in [0.1, 0.15) is 6.07 Å². The third-order valence-electron chi connectivity index (χ3n) is 2.71. The maximum absolute atomic E-state index is 11.0. The minimum Gasteiger partial charge on any atom is -0.325 e. The van der Waals surface area contributed by atoms with Gasteiger partial charge in [-0.2, -0.15) is 5.26 Å². The van der Waals surface area contributed by atoms with Crippen LogP contribution in [0.5, 0.6) is 0 Å². The van der Waals surface area contributed by atoms with E-state index in [9.17, 15) is 4.79 Å². The van der Waals surface area contributed by atoms with Crippen molar-refractivity contribution in [2.75, 3.05) is 5.32 Å². The second-order valence-corrected chi connectivity index (χ2v) is 3.77. The van der Waals surface area contributed by atoms with E-state index < -0.39 is 0 Å². The summed E-state index contributed by atoms with van der Waals surface area (Å²) >= 11 is 0. The Labute approximate surface area is 88.7 Å². The molecular weight excluding hydrogens is 188 g/mol. The fourth-order valence-electron chi connectivity index (χ4n) is 2.09. The molecule has 0 spiro atoms. The van der Waals surface area contributed by atoms with Crippen LogP contribution in [-0.2, 0) is 17.6 Å². The Hall–Kier alpha value is -1.82. The molecule has 76 valence electrons. The van der Waals surface area contributed by atoms with Crippen molar-refractivity contribution in [3.8, 4) is 6.07 Å². The molecule has 0 aliphatic heterocycles. The van der Waals surface area contributed by atoms with Crippen molar-refractivity contribution < 1.29 is 4.79 Å². The average molecular weight is 200 g/mol. The van der Waals surface area contributed by atoms with Gasteiger partial charge in [0.25, 0.3) is 0 Å². The molecule has 1 N–H and O–H groups in total. The minimum atomic E-state index is -0.135. The molecule has 0 saturated heterocycles. The van der Waals surface area contributed by atoms with E-state index in [2.05, 4.69) is 11.4 Å². The number of benzene rings is 1.